The molecule has 36 heavy (non-hydrogen) atoms. The molecule has 0 atom stereocenters. The number of aliphatic hydroxyl groups is 1. The van der Waals surface area contributed by atoms with Crippen LogP contribution in [0.5, 0.6) is 0 Å². The highest BCUT2D eigenvalue weighted by Crippen LogP contribution is 2.29. The molecule has 0 spiro atoms. The summed E-state index contributed by atoms with van der Waals surface area (Å²) in [6, 6.07) is 15.8. The Morgan fingerprint density at radius 2 is 1.81 bits per heavy atom. The highest BCUT2D eigenvalue weighted by atomic mass is 19.4. The van der Waals surface area contributed by atoms with E-state index < -0.39 is 31.6 Å². The molecule has 1 aliphatic carbocycles. The number of ether oxygens (including phenoxy) is 1. The molecular weight excluding hydrogens is 471 g/mol. The van der Waals surface area contributed by atoms with E-state index in [2.05, 4.69) is 23.1 Å². The summed E-state index contributed by atoms with van der Waals surface area (Å²) in [4.78, 5) is 25.1. The van der Waals surface area contributed by atoms with Crippen LogP contribution < -0.4 is 0 Å². The van der Waals surface area contributed by atoms with Crippen molar-refractivity contribution >= 4 is 23.4 Å². The van der Waals surface area contributed by atoms with Crippen LogP contribution in [0.15, 0.2) is 60.7 Å². The number of halogens is 3. The number of benzene rings is 2. The van der Waals surface area contributed by atoms with E-state index in [4.69, 9.17) is 9.84 Å². The van der Waals surface area contributed by atoms with Crippen molar-refractivity contribution in [1.82, 2.24) is 4.90 Å². The lowest BCUT2D eigenvalue weighted by atomic mass is 10.0. The van der Waals surface area contributed by atoms with Crippen LogP contribution in [-0.2, 0) is 27.3 Å². The highest BCUT2D eigenvalue weighted by Gasteiger charge is 2.28. The van der Waals surface area contributed by atoms with Crippen LogP contribution in [0.25, 0.3) is 11.6 Å². The smallest absolute Gasteiger partial charge is 0.389 e. The molecule has 192 valence electrons. The van der Waals surface area contributed by atoms with Crippen molar-refractivity contribution in [3.8, 4) is 0 Å². The van der Waals surface area contributed by atoms with E-state index in [1.54, 1.807) is 6.08 Å². The first kappa shape index (κ1) is 27.4. The van der Waals surface area contributed by atoms with Crippen molar-refractivity contribution in [1.29, 1.82) is 0 Å². The number of alkyl halides is 3. The summed E-state index contributed by atoms with van der Waals surface area (Å²) in [5.74, 6) is -1.23. The summed E-state index contributed by atoms with van der Waals surface area (Å²) in [6.07, 6.45) is 0.609. The third kappa shape index (κ3) is 9.09. The summed E-state index contributed by atoms with van der Waals surface area (Å²) < 4.78 is 42.1. The van der Waals surface area contributed by atoms with E-state index in [0.29, 0.717) is 19.6 Å². The number of carbonyl (C=O) groups is 2. The van der Waals surface area contributed by atoms with Gasteiger partial charge in [-0.1, -0.05) is 60.7 Å². The molecule has 0 radical (unpaired) electrons. The minimum Gasteiger partial charge on any atom is -0.464 e. The van der Waals surface area contributed by atoms with Gasteiger partial charge in [0.1, 0.15) is 13.2 Å². The third-order valence-electron chi connectivity index (χ3n) is 5.92. The summed E-state index contributed by atoms with van der Waals surface area (Å²) in [7, 11) is 0. The van der Waals surface area contributed by atoms with Crippen LogP contribution >= 0.6 is 0 Å². The molecule has 0 bridgehead atoms. The number of fused-ring (bicyclic) bond motifs is 1. The average molecular weight is 502 g/mol. The zero-order chi connectivity index (χ0) is 26.0. The monoisotopic (exact) mass is 501 g/mol. The maximum atomic E-state index is 12.3. The Balaban J connectivity index is 1.59. The van der Waals surface area contributed by atoms with Gasteiger partial charge in [-0.15, -0.1) is 0 Å². The van der Waals surface area contributed by atoms with E-state index in [-0.39, 0.29) is 12.4 Å². The summed E-state index contributed by atoms with van der Waals surface area (Å²) in [5.41, 5.74) is 5.61. The average Bonchev–Trinajstić information content (AvgIpc) is 3.28. The van der Waals surface area contributed by atoms with Crippen molar-refractivity contribution in [2.45, 2.75) is 38.4 Å². The van der Waals surface area contributed by atoms with Crippen LogP contribution in [0.3, 0.4) is 0 Å². The number of rotatable bonds is 13. The molecule has 0 heterocycles. The second kappa shape index (κ2) is 13.2. The molecule has 0 amide bonds. The zero-order valence-corrected chi connectivity index (χ0v) is 20.0. The molecule has 8 heteroatoms. The quantitative estimate of drug-likeness (QED) is 0.310. The van der Waals surface area contributed by atoms with Crippen LogP contribution in [0.4, 0.5) is 13.2 Å². The number of esters is 1. The summed E-state index contributed by atoms with van der Waals surface area (Å²) in [5, 5.41) is 8.82. The maximum Gasteiger partial charge on any atom is 0.389 e. The normalized spacial score (nSPS) is 13.2. The van der Waals surface area contributed by atoms with E-state index in [0.717, 1.165) is 24.0 Å². The van der Waals surface area contributed by atoms with Crippen molar-refractivity contribution in [3.63, 3.8) is 0 Å². The fourth-order valence-corrected chi connectivity index (χ4v) is 3.98. The second-order valence-electron chi connectivity index (χ2n) is 8.65. The lowest BCUT2D eigenvalue weighted by Gasteiger charge is -2.23. The lowest BCUT2D eigenvalue weighted by Crippen LogP contribution is -2.29. The molecule has 1 aliphatic rings. The Morgan fingerprint density at radius 3 is 2.53 bits per heavy atom. The van der Waals surface area contributed by atoms with Gasteiger partial charge in [0.2, 0.25) is 0 Å². The van der Waals surface area contributed by atoms with Crippen LogP contribution in [0, 0.1) is 0 Å². The fraction of sp³-hybridized carbons (Fsp3) is 0.357. The van der Waals surface area contributed by atoms with Crippen molar-refractivity contribution in [2.24, 2.45) is 0 Å². The number of nitrogens with zero attached hydrogens (tertiary/aromatic N) is 1. The Bertz CT molecular complexity index is 1090. The Hall–Kier alpha value is -3.23. The van der Waals surface area contributed by atoms with E-state index >= 15 is 0 Å². The van der Waals surface area contributed by atoms with Gasteiger partial charge in [-0.25, -0.2) is 0 Å². The summed E-state index contributed by atoms with van der Waals surface area (Å²) >= 11 is 0. The summed E-state index contributed by atoms with van der Waals surface area (Å²) in [6.45, 7) is 1.11. The van der Waals surface area contributed by atoms with Crippen molar-refractivity contribution in [2.75, 3.05) is 26.3 Å². The molecular formula is C28H30F3NO4. The topological polar surface area (TPSA) is 66.8 Å². The lowest BCUT2D eigenvalue weighted by molar-refractivity contribution is -0.157. The maximum absolute atomic E-state index is 12.3. The predicted molar refractivity (Wildman–Crippen MR) is 132 cm³/mol. The molecule has 5 nitrogen and oxygen atoms in total. The molecule has 2 aromatic carbocycles. The molecule has 0 saturated heterocycles. The number of ketones is 1. The van der Waals surface area contributed by atoms with Gasteiger partial charge in [0, 0.05) is 19.6 Å². The van der Waals surface area contributed by atoms with Gasteiger partial charge in [-0.05, 0) is 46.7 Å². The molecule has 0 unspecified atom stereocenters. The molecule has 0 saturated carbocycles. The Morgan fingerprint density at radius 1 is 1.06 bits per heavy atom. The predicted octanol–water partition coefficient (Wildman–Crippen LogP) is 4.98. The van der Waals surface area contributed by atoms with Crippen molar-refractivity contribution in [3.05, 3.63) is 82.9 Å². The minimum atomic E-state index is -4.39. The van der Waals surface area contributed by atoms with Gasteiger partial charge in [0.25, 0.3) is 0 Å². The van der Waals surface area contributed by atoms with Crippen LogP contribution in [-0.4, -0.2) is 54.2 Å². The van der Waals surface area contributed by atoms with E-state index in [1.165, 1.54) is 22.8 Å². The fourth-order valence-electron chi connectivity index (χ4n) is 3.98. The Labute approximate surface area is 208 Å². The number of carbonyl (C=O) groups excluding carboxylic acids is 2. The molecule has 2 aromatic rings. The molecule has 0 aliphatic heterocycles. The molecule has 0 fully saturated rings. The number of hydrogen-bond donors (Lipinski definition) is 1. The number of allylic oxidation sites excluding steroid dienone is 1. The second-order valence-corrected chi connectivity index (χ2v) is 8.65. The molecule has 1 N–H and O–H groups in total. The number of aliphatic hydroxyl groups excluding tert-OH is 1. The van der Waals surface area contributed by atoms with Gasteiger partial charge >= 0.3 is 12.1 Å². The van der Waals surface area contributed by atoms with Gasteiger partial charge in [0.15, 0.2) is 5.78 Å². The SMILES string of the molecule is O=C(/C=C/c1ccc(CN(CCOC(=O)CCC(F)(F)F)CCC2=CCc3ccccc32)cc1)CO. The highest BCUT2D eigenvalue weighted by molar-refractivity contribution is 5.94. The van der Waals surface area contributed by atoms with Gasteiger partial charge in [-0.2, -0.15) is 13.2 Å². The first-order valence-electron chi connectivity index (χ1n) is 11.9. The number of hydrogen-bond acceptors (Lipinski definition) is 5. The Kier molecular flexibility index (Phi) is 10.0. The minimum absolute atomic E-state index is 0.0103. The van der Waals surface area contributed by atoms with Crippen LogP contribution in [0.1, 0.15) is 41.5 Å². The third-order valence-corrected chi connectivity index (χ3v) is 5.92. The van der Waals surface area contributed by atoms with E-state index in [1.807, 2.05) is 36.4 Å². The molecule has 0 aromatic heterocycles. The zero-order valence-electron chi connectivity index (χ0n) is 20.0. The van der Waals surface area contributed by atoms with Crippen molar-refractivity contribution < 1.29 is 32.6 Å². The largest absolute Gasteiger partial charge is 0.464 e. The standard InChI is InChI=1S/C28H30F3NO4/c29-28(30,31)15-13-27(35)36-18-17-32(16-14-24-11-10-23-3-1-2-4-26(23)24)19-22-7-5-21(6-8-22)9-12-25(34)20-33/h1-9,11-12,33H,10,13-20H2/b12-9+. The first-order valence-corrected chi connectivity index (χ1v) is 11.9. The first-order chi connectivity index (χ1) is 17.2. The van der Waals surface area contributed by atoms with Gasteiger partial charge in [-0.3, -0.25) is 14.5 Å². The van der Waals surface area contributed by atoms with Gasteiger partial charge < -0.3 is 9.84 Å². The van der Waals surface area contributed by atoms with Gasteiger partial charge in [0.05, 0.1) is 12.8 Å². The molecule has 3 rings (SSSR count). The van der Waals surface area contributed by atoms with E-state index in [9.17, 15) is 22.8 Å². The van der Waals surface area contributed by atoms with Crippen LogP contribution in [0.2, 0.25) is 0 Å².